The first-order valence-corrected chi connectivity index (χ1v) is 8.63. The van der Waals surface area contributed by atoms with E-state index < -0.39 is 0 Å². The first-order valence-electron chi connectivity index (χ1n) is 8.25. The highest BCUT2D eigenvalue weighted by Gasteiger charge is 2.32. The third-order valence-electron chi connectivity index (χ3n) is 5.04. The van der Waals surface area contributed by atoms with Crippen molar-refractivity contribution >= 4 is 17.4 Å². The molecule has 1 saturated carbocycles. The van der Waals surface area contributed by atoms with Gasteiger partial charge >= 0.3 is 0 Å². The van der Waals surface area contributed by atoms with Gasteiger partial charge in [-0.2, -0.15) is 0 Å². The molecule has 0 radical (unpaired) electrons. The van der Waals surface area contributed by atoms with Gasteiger partial charge in [0.25, 0.3) is 0 Å². The minimum Gasteiger partial charge on any atom is -0.356 e. The van der Waals surface area contributed by atoms with Crippen molar-refractivity contribution in [2.45, 2.75) is 50.2 Å². The van der Waals surface area contributed by atoms with E-state index in [2.05, 4.69) is 20.7 Å². The third kappa shape index (κ3) is 3.06. The molecule has 7 heteroatoms. The Labute approximate surface area is 135 Å². The molecule has 3 heterocycles. The highest BCUT2D eigenvalue weighted by atomic mass is 35.5. The van der Waals surface area contributed by atoms with E-state index in [0.29, 0.717) is 23.0 Å². The molecule has 2 saturated heterocycles. The topological polar surface area (TPSA) is 79.1 Å². The van der Waals surface area contributed by atoms with E-state index in [1.807, 2.05) is 6.07 Å². The van der Waals surface area contributed by atoms with Crippen molar-refractivity contribution in [3.8, 4) is 0 Å². The highest BCUT2D eigenvalue weighted by molar-refractivity contribution is 6.29. The second kappa shape index (κ2) is 5.92. The Morgan fingerprint density at radius 1 is 1.14 bits per heavy atom. The molecule has 4 N–H and O–H groups in total. The minimum absolute atomic E-state index is 0.0878. The number of piperidine rings is 1. The minimum atomic E-state index is 0.0878. The van der Waals surface area contributed by atoms with Crippen LogP contribution in [-0.4, -0.2) is 35.3 Å². The number of hydrazine groups is 1. The molecular formula is C15H23ClN6. The number of aromatic nitrogens is 2. The van der Waals surface area contributed by atoms with E-state index in [0.717, 1.165) is 44.0 Å². The van der Waals surface area contributed by atoms with Crippen molar-refractivity contribution in [2.24, 2.45) is 11.7 Å². The summed E-state index contributed by atoms with van der Waals surface area (Å²) in [5.74, 6) is 3.13. The Bertz CT molecular complexity index is 541. The SMILES string of the molecule is NC1CC(C2CCN(c3cc(Cl)nc(C4CC4)n3)CC2)NN1. The Balaban J connectivity index is 1.41. The summed E-state index contributed by atoms with van der Waals surface area (Å²) in [5.41, 5.74) is 12.4. The Morgan fingerprint density at radius 2 is 1.91 bits per heavy atom. The molecule has 6 nitrogen and oxygen atoms in total. The van der Waals surface area contributed by atoms with Crippen molar-refractivity contribution < 1.29 is 0 Å². The lowest BCUT2D eigenvalue weighted by molar-refractivity contribution is 0.310. The van der Waals surface area contributed by atoms with Crippen molar-refractivity contribution in [1.82, 2.24) is 20.8 Å². The number of nitrogens with one attached hydrogen (secondary N) is 2. The van der Waals surface area contributed by atoms with Crippen LogP contribution in [-0.2, 0) is 0 Å². The predicted molar refractivity (Wildman–Crippen MR) is 86.6 cm³/mol. The van der Waals surface area contributed by atoms with Crippen LogP contribution in [0.15, 0.2) is 6.07 Å². The summed E-state index contributed by atoms with van der Waals surface area (Å²) in [6.45, 7) is 2.05. The molecule has 0 aromatic carbocycles. The van der Waals surface area contributed by atoms with Gasteiger partial charge in [0, 0.05) is 31.1 Å². The van der Waals surface area contributed by atoms with Gasteiger partial charge in [0.1, 0.15) is 16.8 Å². The summed E-state index contributed by atoms with van der Waals surface area (Å²) < 4.78 is 0. The molecule has 1 aromatic heterocycles. The van der Waals surface area contributed by atoms with Crippen LogP contribution in [0.25, 0.3) is 0 Å². The molecule has 3 fully saturated rings. The first-order chi connectivity index (χ1) is 10.7. The Hall–Kier alpha value is -0.950. The number of hydrogen-bond donors (Lipinski definition) is 3. The predicted octanol–water partition coefficient (Wildman–Crippen LogP) is 1.38. The Kier molecular flexibility index (Phi) is 3.94. The summed E-state index contributed by atoms with van der Waals surface area (Å²) in [7, 11) is 0. The quantitative estimate of drug-likeness (QED) is 0.730. The van der Waals surface area contributed by atoms with Crippen LogP contribution in [0.1, 0.15) is 43.8 Å². The van der Waals surface area contributed by atoms with Crippen LogP contribution < -0.4 is 21.5 Å². The zero-order valence-electron chi connectivity index (χ0n) is 12.6. The van der Waals surface area contributed by atoms with Gasteiger partial charge in [0.15, 0.2) is 0 Å². The second-order valence-corrected chi connectivity index (χ2v) is 7.13. The highest BCUT2D eigenvalue weighted by Crippen LogP contribution is 2.39. The summed E-state index contributed by atoms with van der Waals surface area (Å²) in [6, 6.07) is 2.40. The summed E-state index contributed by atoms with van der Waals surface area (Å²) in [4.78, 5) is 11.5. The fourth-order valence-corrected chi connectivity index (χ4v) is 3.74. The summed E-state index contributed by atoms with van der Waals surface area (Å²) in [5, 5.41) is 0.571. The van der Waals surface area contributed by atoms with E-state index in [9.17, 15) is 0 Å². The summed E-state index contributed by atoms with van der Waals surface area (Å²) >= 11 is 6.18. The van der Waals surface area contributed by atoms with Crippen LogP contribution in [0.4, 0.5) is 5.82 Å². The number of anilines is 1. The van der Waals surface area contributed by atoms with Crippen LogP contribution in [0.5, 0.6) is 0 Å². The van der Waals surface area contributed by atoms with Gasteiger partial charge in [0.05, 0.1) is 6.17 Å². The lowest BCUT2D eigenvalue weighted by atomic mass is 9.88. The monoisotopic (exact) mass is 322 g/mol. The van der Waals surface area contributed by atoms with Gasteiger partial charge in [0.2, 0.25) is 0 Å². The third-order valence-corrected chi connectivity index (χ3v) is 5.23. The largest absolute Gasteiger partial charge is 0.356 e. The van der Waals surface area contributed by atoms with Crippen molar-refractivity contribution in [3.63, 3.8) is 0 Å². The maximum absolute atomic E-state index is 6.18. The second-order valence-electron chi connectivity index (χ2n) is 6.74. The lowest BCUT2D eigenvalue weighted by Crippen LogP contribution is -2.43. The van der Waals surface area contributed by atoms with E-state index in [1.54, 1.807) is 0 Å². The van der Waals surface area contributed by atoms with Crippen LogP contribution in [0.2, 0.25) is 5.15 Å². The van der Waals surface area contributed by atoms with Crippen molar-refractivity contribution in [2.75, 3.05) is 18.0 Å². The van der Waals surface area contributed by atoms with E-state index in [4.69, 9.17) is 22.3 Å². The van der Waals surface area contributed by atoms with Crippen molar-refractivity contribution in [1.29, 1.82) is 0 Å². The molecule has 0 amide bonds. The van der Waals surface area contributed by atoms with E-state index >= 15 is 0 Å². The summed E-state index contributed by atoms with van der Waals surface area (Å²) in [6.07, 6.45) is 5.81. The standard InChI is InChI=1S/C15H23ClN6/c16-12-8-14(19-15(18-12)10-1-2-10)22-5-3-9(4-6-22)11-7-13(17)21-20-11/h8-11,13,20-21H,1-7,17H2. The number of nitrogens with zero attached hydrogens (tertiary/aromatic N) is 3. The average molecular weight is 323 g/mol. The van der Waals surface area contributed by atoms with Gasteiger partial charge in [-0.3, -0.25) is 5.43 Å². The van der Waals surface area contributed by atoms with Gasteiger partial charge in [-0.15, -0.1) is 0 Å². The van der Waals surface area contributed by atoms with Gasteiger partial charge in [-0.25, -0.2) is 15.4 Å². The maximum atomic E-state index is 6.18. The van der Waals surface area contributed by atoms with E-state index in [-0.39, 0.29) is 6.17 Å². The van der Waals surface area contributed by atoms with Gasteiger partial charge < -0.3 is 10.6 Å². The Morgan fingerprint density at radius 3 is 2.55 bits per heavy atom. The number of rotatable bonds is 3. The zero-order valence-corrected chi connectivity index (χ0v) is 13.4. The molecule has 22 heavy (non-hydrogen) atoms. The van der Waals surface area contributed by atoms with Gasteiger partial charge in [-0.1, -0.05) is 11.6 Å². The maximum Gasteiger partial charge on any atom is 0.135 e. The number of hydrogen-bond acceptors (Lipinski definition) is 6. The zero-order chi connectivity index (χ0) is 15.1. The number of halogens is 1. The molecule has 3 aliphatic rings. The fourth-order valence-electron chi connectivity index (χ4n) is 3.56. The number of nitrogens with two attached hydrogens (primary N) is 1. The molecule has 2 unspecified atom stereocenters. The van der Waals surface area contributed by atoms with Crippen LogP contribution >= 0.6 is 11.6 Å². The molecule has 0 bridgehead atoms. The smallest absolute Gasteiger partial charge is 0.135 e. The molecule has 0 spiro atoms. The first kappa shape index (κ1) is 14.6. The molecule has 1 aromatic rings. The van der Waals surface area contributed by atoms with Gasteiger partial charge in [-0.05, 0) is 38.0 Å². The molecule has 2 atom stereocenters. The van der Waals surface area contributed by atoms with Crippen molar-refractivity contribution in [3.05, 3.63) is 17.0 Å². The fraction of sp³-hybridized carbons (Fsp3) is 0.733. The molecule has 4 rings (SSSR count). The molecule has 1 aliphatic carbocycles. The average Bonchev–Trinajstić information content (AvgIpc) is 3.29. The normalized spacial score (nSPS) is 30.0. The molecule has 120 valence electrons. The molecular weight excluding hydrogens is 300 g/mol. The lowest BCUT2D eigenvalue weighted by Gasteiger charge is -2.35. The van der Waals surface area contributed by atoms with Crippen LogP contribution in [0, 0.1) is 5.92 Å². The van der Waals surface area contributed by atoms with E-state index in [1.165, 1.54) is 12.8 Å². The molecule has 2 aliphatic heterocycles. The van der Waals surface area contributed by atoms with Crippen LogP contribution in [0.3, 0.4) is 0 Å².